The van der Waals surface area contributed by atoms with Gasteiger partial charge in [0.15, 0.2) is 17.3 Å². The topological polar surface area (TPSA) is 73.9 Å². The Balaban J connectivity index is 2.07. The van der Waals surface area contributed by atoms with Crippen molar-refractivity contribution < 1.29 is 23.8 Å². The van der Waals surface area contributed by atoms with Gasteiger partial charge in [-0.15, -0.1) is 0 Å². The Morgan fingerprint density at radius 2 is 1.68 bits per heavy atom. The van der Waals surface area contributed by atoms with Crippen LogP contribution >= 0.6 is 0 Å². The second-order valence-electron chi connectivity index (χ2n) is 4.98. The molecule has 0 radical (unpaired) electrons. The monoisotopic (exact) mass is 341 g/mol. The van der Waals surface area contributed by atoms with Crippen LogP contribution in [0.5, 0.6) is 11.5 Å². The Hall–Kier alpha value is -3.28. The molecule has 1 N–H and O–H groups in total. The average molecular weight is 341 g/mol. The molecule has 0 saturated carbocycles. The van der Waals surface area contributed by atoms with Gasteiger partial charge in [-0.25, -0.2) is 4.79 Å². The summed E-state index contributed by atoms with van der Waals surface area (Å²) in [4.78, 5) is 23.7. The lowest BCUT2D eigenvalue weighted by Gasteiger charge is -2.08. The minimum Gasteiger partial charge on any atom is -0.493 e. The predicted molar refractivity (Wildman–Crippen MR) is 94.4 cm³/mol. The molecule has 6 nitrogen and oxygen atoms in total. The van der Waals surface area contributed by atoms with Crippen molar-refractivity contribution in [1.82, 2.24) is 0 Å². The molecule has 0 atom stereocenters. The molecule has 25 heavy (non-hydrogen) atoms. The standard InChI is InChI=1S/C19H19NO5/c1-23-17-8-7-13(12-18(17)24-2)16(21)9-10-20-15-6-4-5-14(11-15)19(22)25-3/h4-12,20H,1-3H3/b10-9+. The fourth-order valence-electron chi connectivity index (χ4n) is 2.15. The van der Waals surface area contributed by atoms with Gasteiger partial charge >= 0.3 is 5.97 Å². The number of hydrogen-bond acceptors (Lipinski definition) is 6. The van der Waals surface area contributed by atoms with Crippen LogP contribution in [-0.2, 0) is 4.74 Å². The van der Waals surface area contributed by atoms with Crippen molar-refractivity contribution >= 4 is 17.4 Å². The van der Waals surface area contributed by atoms with E-state index in [1.54, 1.807) is 42.5 Å². The number of ketones is 1. The Kier molecular flexibility index (Phi) is 6.17. The lowest BCUT2D eigenvalue weighted by molar-refractivity contribution is 0.0600. The van der Waals surface area contributed by atoms with Crippen molar-refractivity contribution in [2.45, 2.75) is 0 Å². The molecule has 0 aliphatic rings. The van der Waals surface area contributed by atoms with E-state index in [0.717, 1.165) is 0 Å². The van der Waals surface area contributed by atoms with Crippen molar-refractivity contribution in [1.29, 1.82) is 0 Å². The summed E-state index contributed by atoms with van der Waals surface area (Å²) in [7, 11) is 4.37. The summed E-state index contributed by atoms with van der Waals surface area (Å²) in [6, 6.07) is 11.7. The summed E-state index contributed by atoms with van der Waals surface area (Å²) in [5.41, 5.74) is 1.56. The van der Waals surface area contributed by atoms with Gasteiger partial charge in [0.1, 0.15) is 0 Å². The first-order chi connectivity index (χ1) is 12.1. The maximum Gasteiger partial charge on any atom is 0.337 e. The van der Waals surface area contributed by atoms with E-state index >= 15 is 0 Å². The zero-order valence-corrected chi connectivity index (χ0v) is 14.2. The average Bonchev–Trinajstić information content (AvgIpc) is 2.66. The van der Waals surface area contributed by atoms with Gasteiger partial charge in [0.05, 0.1) is 26.9 Å². The summed E-state index contributed by atoms with van der Waals surface area (Å²) in [6.07, 6.45) is 2.90. The normalized spacial score (nSPS) is 10.4. The third-order valence-corrected chi connectivity index (χ3v) is 3.44. The van der Waals surface area contributed by atoms with Gasteiger partial charge in [-0.3, -0.25) is 4.79 Å². The van der Waals surface area contributed by atoms with Crippen LogP contribution in [-0.4, -0.2) is 33.1 Å². The van der Waals surface area contributed by atoms with Crippen LogP contribution in [0.1, 0.15) is 20.7 Å². The highest BCUT2D eigenvalue weighted by atomic mass is 16.5. The quantitative estimate of drug-likeness (QED) is 0.473. The second kappa shape index (κ2) is 8.54. The molecule has 0 aliphatic heterocycles. The van der Waals surface area contributed by atoms with E-state index in [4.69, 9.17) is 9.47 Å². The molecule has 0 amide bonds. The van der Waals surface area contributed by atoms with Gasteiger partial charge in [0.2, 0.25) is 0 Å². The lowest BCUT2D eigenvalue weighted by atomic mass is 10.1. The minimum absolute atomic E-state index is 0.197. The molecule has 0 fully saturated rings. The molecular weight excluding hydrogens is 322 g/mol. The van der Waals surface area contributed by atoms with Gasteiger partial charge in [-0.2, -0.15) is 0 Å². The van der Waals surface area contributed by atoms with Gasteiger partial charge in [0, 0.05) is 23.5 Å². The van der Waals surface area contributed by atoms with Gasteiger partial charge < -0.3 is 19.5 Å². The maximum absolute atomic E-state index is 12.2. The molecule has 0 heterocycles. The predicted octanol–water partition coefficient (Wildman–Crippen LogP) is 3.30. The van der Waals surface area contributed by atoms with E-state index in [9.17, 15) is 9.59 Å². The summed E-state index contributed by atoms with van der Waals surface area (Å²) < 4.78 is 15.0. The highest BCUT2D eigenvalue weighted by Gasteiger charge is 2.08. The van der Waals surface area contributed by atoms with Crippen LogP contribution in [0.2, 0.25) is 0 Å². The second-order valence-corrected chi connectivity index (χ2v) is 4.98. The summed E-state index contributed by atoms with van der Waals surface area (Å²) in [6.45, 7) is 0. The van der Waals surface area contributed by atoms with Crippen molar-refractivity contribution in [2.24, 2.45) is 0 Å². The van der Waals surface area contributed by atoms with Crippen LogP contribution in [0.25, 0.3) is 0 Å². The number of allylic oxidation sites excluding steroid dienone is 1. The SMILES string of the molecule is COC(=O)c1cccc(N/C=C/C(=O)c2ccc(OC)c(OC)c2)c1. The third kappa shape index (κ3) is 4.60. The van der Waals surface area contributed by atoms with E-state index < -0.39 is 5.97 Å². The molecule has 2 aromatic carbocycles. The number of carbonyl (C=O) groups excluding carboxylic acids is 2. The Bertz CT molecular complexity index is 798. The largest absolute Gasteiger partial charge is 0.493 e. The van der Waals surface area contributed by atoms with Crippen molar-refractivity contribution in [2.75, 3.05) is 26.6 Å². The summed E-state index contributed by atoms with van der Waals surface area (Å²) in [5, 5.41) is 2.95. The van der Waals surface area contributed by atoms with Crippen molar-refractivity contribution in [3.63, 3.8) is 0 Å². The van der Waals surface area contributed by atoms with Crippen LogP contribution < -0.4 is 14.8 Å². The number of benzene rings is 2. The fraction of sp³-hybridized carbons (Fsp3) is 0.158. The van der Waals surface area contributed by atoms with Gasteiger partial charge in [0.25, 0.3) is 0 Å². The van der Waals surface area contributed by atoms with Crippen LogP contribution in [0.4, 0.5) is 5.69 Å². The Morgan fingerprint density at radius 1 is 0.920 bits per heavy atom. The third-order valence-electron chi connectivity index (χ3n) is 3.44. The molecular formula is C19H19NO5. The fourth-order valence-corrected chi connectivity index (χ4v) is 2.15. The molecule has 2 rings (SSSR count). The number of esters is 1. The van der Waals surface area contributed by atoms with Gasteiger partial charge in [-0.1, -0.05) is 6.07 Å². The number of carbonyl (C=O) groups is 2. The van der Waals surface area contributed by atoms with E-state index in [1.165, 1.54) is 33.6 Å². The molecule has 2 aromatic rings. The van der Waals surface area contributed by atoms with Crippen LogP contribution in [0, 0.1) is 0 Å². The molecule has 0 aliphatic carbocycles. The van der Waals surface area contributed by atoms with E-state index in [-0.39, 0.29) is 5.78 Å². The van der Waals surface area contributed by atoms with E-state index in [0.29, 0.717) is 28.3 Å². The number of anilines is 1. The first kappa shape index (κ1) is 18.1. The number of hydrogen-bond donors (Lipinski definition) is 1. The molecule has 0 aromatic heterocycles. The number of rotatable bonds is 7. The van der Waals surface area contributed by atoms with Crippen molar-refractivity contribution in [3.05, 3.63) is 65.9 Å². The van der Waals surface area contributed by atoms with Gasteiger partial charge in [-0.05, 0) is 36.4 Å². The summed E-state index contributed by atoms with van der Waals surface area (Å²) in [5.74, 6) is 0.424. The smallest absolute Gasteiger partial charge is 0.337 e. The van der Waals surface area contributed by atoms with Crippen LogP contribution in [0.3, 0.4) is 0 Å². The number of methoxy groups -OCH3 is 3. The first-order valence-corrected chi connectivity index (χ1v) is 7.47. The minimum atomic E-state index is -0.422. The zero-order chi connectivity index (χ0) is 18.2. The molecule has 0 unspecified atom stereocenters. The molecule has 0 bridgehead atoms. The maximum atomic E-state index is 12.2. The zero-order valence-electron chi connectivity index (χ0n) is 14.2. The lowest BCUT2D eigenvalue weighted by Crippen LogP contribution is -2.02. The molecule has 6 heteroatoms. The Morgan fingerprint density at radius 3 is 2.36 bits per heavy atom. The molecule has 130 valence electrons. The number of nitrogens with one attached hydrogen (secondary N) is 1. The van der Waals surface area contributed by atoms with E-state index in [1.807, 2.05) is 0 Å². The molecule has 0 saturated heterocycles. The van der Waals surface area contributed by atoms with E-state index in [2.05, 4.69) is 10.1 Å². The molecule has 0 spiro atoms. The highest BCUT2D eigenvalue weighted by molar-refractivity contribution is 6.05. The van der Waals surface area contributed by atoms with Crippen molar-refractivity contribution in [3.8, 4) is 11.5 Å². The first-order valence-electron chi connectivity index (χ1n) is 7.47. The highest BCUT2D eigenvalue weighted by Crippen LogP contribution is 2.27. The van der Waals surface area contributed by atoms with Crippen LogP contribution in [0.15, 0.2) is 54.7 Å². The Labute approximate surface area is 146 Å². The number of ether oxygens (including phenoxy) is 3. The summed E-state index contributed by atoms with van der Waals surface area (Å²) >= 11 is 0.